The van der Waals surface area contributed by atoms with Crippen molar-refractivity contribution in [3.63, 3.8) is 0 Å². The van der Waals surface area contributed by atoms with E-state index in [0.29, 0.717) is 0 Å². The van der Waals surface area contributed by atoms with Crippen molar-refractivity contribution in [2.45, 2.75) is 129 Å². The van der Waals surface area contributed by atoms with Gasteiger partial charge in [0.05, 0.1) is 13.2 Å². The zero-order valence-corrected chi connectivity index (χ0v) is 23.1. The van der Waals surface area contributed by atoms with E-state index in [4.69, 9.17) is 9.47 Å². The second-order valence-corrected chi connectivity index (χ2v) is 9.77. The Labute approximate surface area is 220 Å². The maximum absolute atomic E-state index is 5.90. The van der Waals surface area contributed by atoms with Gasteiger partial charge in [-0.1, -0.05) is 90.9 Å². The number of aromatic nitrogens is 4. The normalized spacial score (nSPS) is 11.1. The molecule has 0 N–H and O–H groups in total. The highest BCUT2D eigenvalue weighted by Gasteiger charge is 2.06. The molecule has 0 radical (unpaired) electrons. The maximum atomic E-state index is 5.90. The quantitative estimate of drug-likeness (QED) is 0.144. The van der Waals surface area contributed by atoms with E-state index in [2.05, 4.69) is 33.8 Å². The van der Waals surface area contributed by atoms with Crippen LogP contribution in [0.1, 0.15) is 128 Å². The average Bonchev–Trinajstić information content (AvgIpc) is 2.90. The van der Waals surface area contributed by atoms with Crippen LogP contribution in [-0.4, -0.2) is 33.1 Å². The molecule has 0 aliphatic carbocycles. The molecule has 0 amide bonds. The fourth-order valence-electron chi connectivity index (χ4n) is 4.27. The van der Waals surface area contributed by atoms with Crippen molar-refractivity contribution in [3.05, 3.63) is 36.2 Å². The molecule has 0 saturated heterocycles. The van der Waals surface area contributed by atoms with E-state index >= 15 is 0 Å². The van der Waals surface area contributed by atoms with Gasteiger partial charge in [0.1, 0.15) is 11.5 Å². The Morgan fingerprint density at radius 1 is 0.556 bits per heavy atom. The fourth-order valence-corrected chi connectivity index (χ4v) is 4.27. The van der Waals surface area contributed by atoms with Crippen LogP contribution in [0.3, 0.4) is 0 Å². The first kappa shape index (κ1) is 30.0. The summed E-state index contributed by atoms with van der Waals surface area (Å²) >= 11 is 0. The number of hydrogen-bond donors (Lipinski definition) is 0. The molecule has 0 aliphatic rings. The largest absolute Gasteiger partial charge is 0.478 e. The van der Waals surface area contributed by atoms with Crippen molar-refractivity contribution in [1.29, 1.82) is 0 Å². The highest BCUT2D eigenvalue weighted by molar-refractivity contribution is 5.17. The van der Waals surface area contributed by atoms with Crippen molar-refractivity contribution in [3.8, 4) is 11.8 Å². The van der Waals surface area contributed by atoms with Gasteiger partial charge in [0.2, 0.25) is 11.8 Å². The van der Waals surface area contributed by atoms with Crippen LogP contribution in [0.25, 0.3) is 0 Å². The first-order chi connectivity index (χ1) is 17.8. The summed E-state index contributed by atoms with van der Waals surface area (Å²) in [6, 6.07) is 1.87. The molecule has 0 fully saturated rings. The third-order valence-corrected chi connectivity index (χ3v) is 6.46. The van der Waals surface area contributed by atoms with E-state index in [1.807, 2.05) is 12.3 Å². The Kier molecular flexibility index (Phi) is 17.4. The smallest absolute Gasteiger partial charge is 0.235 e. The summed E-state index contributed by atoms with van der Waals surface area (Å²) in [5, 5.41) is 0. The van der Waals surface area contributed by atoms with Crippen LogP contribution in [0.2, 0.25) is 0 Å². The third-order valence-electron chi connectivity index (χ3n) is 6.46. The molecule has 6 nitrogen and oxygen atoms in total. The van der Waals surface area contributed by atoms with Crippen molar-refractivity contribution in [2.75, 3.05) is 13.2 Å². The van der Waals surface area contributed by atoms with Gasteiger partial charge in [0.25, 0.3) is 0 Å². The highest BCUT2D eigenvalue weighted by atomic mass is 16.5. The Morgan fingerprint density at radius 3 is 1.89 bits per heavy atom. The summed E-state index contributed by atoms with van der Waals surface area (Å²) in [5.74, 6) is 2.38. The van der Waals surface area contributed by atoms with Crippen LogP contribution in [0, 0.1) is 0 Å². The van der Waals surface area contributed by atoms with Gasteiger partial charge in [-0.3, -0.25) is 4.98 Å². The van der Waals surface area contributed by atoms with Crippen molar-refractivity contribution in [1.82, 2.24) is 19.9 Å². The van der Waals surface area contributed by atoms with Crippen LogP contribution >= 0.6 is 0 Å². The first-order valence-electron chi connectivity index (χ1n) is 14.7. The predicted molar refractivity (Wildman–Crippen MR) is 148 cm³/mol. The average molecular weight is 499 g/mol. The molecule has 0 aliphatic heterocycles. The van der Waals surface area contributed by atoms with Crippen LogP contribution in [0.5, 0.6) is 11.8 Å². The predicted octanol–water partition coefficient (Wildman–Crippen LogP) is 8.09. The lowest BCUT2D eigenvalue weighted by Crippen LogP contribution is -2.04. The number of hydrogen-bond acceptors (Lipinski definition) is 6. The van der Waals surface area contributed by atoms with Gasteiger partial charge in [-0.2, -0.15) is 4.98 Å². The molecule has 0 aromatic carbocycles. The van der Waals surface area contributed by atoms with E-state index in [1.54, 1.807) is 12.4 Å². The van der Waals surface area contributed by atoms with Gasteiger partial charge in [-0.05, 0) is 32.1 Å². The monoisotopic (exact) mass is 498 g/mol. The number of ether oxygens (including phenoxy) is 2. The third kappa shape index (κ3) is 14.4. The van der Waals surface area contributed by atoms with Crippen LogP contribution in [-0.2, 0) is 12.8 Å². The summed E-state index contributed by atoms with van der Waals surface area (Å²) in [5.41, 5.74) is 1.02. The summed E-state index contributed by atoms with van der Waals surface area (Å²) in [6.45, 7) is 5.93. The molecular formula is C30H50N4O2. The SMILES string of the molecule is CCCCCCOc1nccnc1CCCCCCCCCCCc1nccc(OCCCCC)n1. The van der Waals surface area contributed by atoms with Crippen molar-refractivity contribution >= 4 is 0 Å². The summed E-state index contributed by atoms with van der Waals surface area (Å²) in [4.78, 5) is 17.9. The lowest BCUT2D eigenvalue weighted by molar-refractivity contribution is 0.288. The minimum Gasteiger partial charge on any atom is -0.478 e. The summed E-state index contributed by atoms with van der Waals surface area (Å²) in [7, 11) is 0. The molecule has 6 heteroatoms. The van der Waals surface area contributed by atoms with E-state index in [-0.39, 0.29) is 0 Å². The molecule has 0 saturated carbocycles. The van der Waals surface area contributed by atoms with E-state index in [0.717, 1.165) is 75.0 Å². The minimum absolute atomic E-state index is 0.724. The molecule has 202 valence electrons. The number of aryl methyl sites for hydroxylation is 2. The van der Waals surface area contributed by atoms with E-state index in [1.165, 1.54) is 77.0 Å². The van der Waals surface area contributed by atoms with Crippen molar-refractivity contribution < 1.29 is 9.47 Å². The first-order valence-corrected chi connectivity index (χ1v) is 14.7. The lowest BCUT2D eigenvalue weighted by atomic mass is 10.0. The lowest BCUT2D eigenvalue weighted by Gasteiger charge is -2.09. The summed E-state index contributed by atoms with van der Waals surface area (Å²) in [6.07, 6.45) is 27.0. The topological polar surface area (TPSA) is 70.0 Å². The second-order valence-electron chi connectivity index (χ2n) is 9.77. The number of unbranched alkanes of at least 4 members (excludes halogenated alkanes) is 13. The molecular weight excluding hydrogens is 448 g/mol. The Balaban J connectivity index is 1.45. The van der Waals surface area contributed by atoms with Crippen LogP contribution < -0.4 is 9.47 Å². The fraction of sp³-hybridized carbons (Fsp3) is 0.733. The zero-order valence-electron chi connectivity index (χ0n) is 23.1. The summed E-state index contributed by atoms with van der Waals surface area (Å²) < 4.78 is 11.6. The van der Waals surface area contributed by atoms with Gasteiger partial charge >= 0.3 is 0 Å². The Hall–Kier alpha value is -2.24. The van der Waals surface area contributed by atoms with E-state index in [9.17, 15) is 0 Å². The van der Waals surface area contributed by atoms with Gasteiger partial charge in [-0.15, -0.1) is 0 Å². The van der Waals surface area contributed by atoms with Crippen LogP contribution in [0.15, 0.2) is 24.7 Å². The molecule has 36 heavy (non-hydrogen) atoms. The van der Waals surface area contributed by atoms with Gasteiger partial charge in [0, 0.05) is 31.1 Å². The Bertz CT molecular complexity index is 787. The molecule has 0 atom stereocenters. The molecule has 0 spiro atoms. The van der Waals surface area contributed by atoms with Gasteiger partial charge in [-0.25, -0.2) is 9.97 Å². The maximum Gasteiger partial charge on any atom is 0.235 e. The molecule has 2 aromatic rings. The van der Waals surface area contributed by atoms with Crippen LogP contribution in [0.4, 0.5) is 0 Å². The highest BCUT2D eigenvalue weighted by Crippen LogP contribution is 2.17. The zero-order chi connectivity index (χ0) is 25.5. The molecule has 0 bridgehead atoms. The molecule has 2 heterocycles. The van der Waals surface area contributed by atoms with Gasteiger partial charge < -0.3 is 9.47 Å². The number of rotatable bonds is 23. The van der Waals surface area contributed by atoms with Crippen molar-refractivity contribution in [2.24, 2.45) is 0 Å². The number of nitrogens with zero attached hydrogens (tertiary/aromatic N) is 4. The Morgan fingerprint density at radius 2 is 1.14 bits per heavy atom. The minimum atomic E-state index is 0.724. The molecule has 0 unspecified atom stereocenters. The molecule has 2 aromatic heterocycles. The van der Waals surface area contributed by atoms with Gasteiger partial charge in [0.15, 0.2) is 0 Å². The second kappa shape index (κ2) is 20.9. The molecule has 2 rings (SSSR count). The standard InChI is InChI=1S/C30H50N4O2/c1-3-5-7-18-26-36-30-27(31-23-24-33-30)19-15-13-11-9-8-10-12-14-16-20-28-32-22-21-29(34-28)35-25-17-6-4-2/h21-24H,3-20,25-26H2,1-2H3. The van der Waals surface area contributed by atoms with E-state index < -0.39 is 0 Å².